The van der Waals surface area contributed by atoms with Crippen molar-refractivity contribution in [3.63, 3.8) is 0 Å². The van der Waals surface area contributed by atoms with Crippen molar-refractivity contribution in [1.82, 2.24) is 14.7 Å². The Bertz CT molecular complexity index is 812. The minimum atomic E-state index is 0.0876. The predicted octanol–water partition coefficient (Wildman–Crippen LogP) is 3.31. The Labute approximate surface area is 146 Å². The van der Waals surface area contributed by atoms with Gasteiger partial charge in [0.05, 0.1) is 12.1 Å². The molecule has 130 valence electrons. The lowest BCUT2D eigenvalue weighted by Crippen LogP contribution is -2.33. The van der Waals surface area contributed by atoms with Crippen LogP contribution in [0.25, 0.3) is 0 Å². The molecular formula is C19H21N3O3. The molecule has 1 aromatic heterocycles. The lowest BCUT2D eigenvalue weighted by Gasteiger charge is -2.30. The molecule has 6 heteroatoms. The molecule has 2 aliphatic heterocycles. The number of carbonyl (C=O) groups excluding carboxylic acids is 1. The van der Waals surface area contributed by atoms with Gasteiger partial charge >= 0.3 is 0 Å². The van der Waals surface area contributed by atoms with E-state index in [1.54, 1.807) is 6.20 Å². The van der Waals surface area contributed by atoms with Crippen LogP contribution in [0, 0.1) is 0 Å². The zero-order valence-corrected chi connectivity index (χ0v) is 14.1. The van der Waals surface area contributed by atoms with Crippen LogP contribution in [0.4, 0.5) is 0 Å². The molecule has 2 aromatic rings. The van der Waals surface area contributed by atoms with E-state index in [0.29, 0.717) is 6.04 Å². The summed E-state index contributed by atoms with van der Waals surface area (Å²) in [6.45, 7) is 1.06. The number of aromatic nitrogens is 2. The van der Waals surface area contributed by atoms with E-state index in [1.165, 1.54) is 6.42 Å². The van der Waals surface area contributed by atoms with Crippen LogP contribution >= 0.6 is 0 Å². The van der Waals surface area contributed by atoms with Crippen molar-refractivity contribution in [3.8, 4) is 11.5 Å². The number of hydrogen-bond acceptors (Lipinski definition) is 4. The summed E-state index contributed by atoms with van der Waals surface area (Å²) in [5, 5.41) is 4.41. The zero-order valence-electron chi connectivity index (χ0n) is 14.1. The molecular weight excluding hydrogens is 318 g/mol. The summed E-state index contributed by atoms with van der Waals surface area (Å²) < 4.78 is 12.8. The van der Waals surface area contributed by atoms with Gasteiger partial charge in [-0.05, 0) is 55.9 Å². The van der Waals surface area contributed by atoms with Crippen molar-refractivity contribution < 1.29 is 14.3 Å². The Morgan fingerprint density at radius 1 is 1.08 bits per heavy atom. The summed E-state index contributed by atoms with van der Waals surface area (Å²) in [7, 11) is 0. The van der Waals surface area contributed by atoms with Crippen molar-refractivity contribution >= 4 is 5.91 Å². The average molecular weight is 339 g/mol. The van der Waals surface area contributed by atoms with Crippen molar-refractivity contribution in [3.05, 3.63) is 41.7 Å². The molecule has 0 spiro atoms. The quantitative estimate of drug-likeness (QED) is 0.861. The van der Waals surface area contributed by atoms with E-state index in [0.717, 1.165) is 55.0 Å². The summed E-state index contributed by atoms with van der Waals surface area (Å²) in [4.78, 5) is 15.2. The summed E-state index contributed by atoms with van der Waals surface area (Å²) in [5.74, 6) is 1.64. The first-order valence-electron chi connectivity index (χ1n) is 9.05. The molecule has 25 heavy (non-hydrogen) atoms. The van der Waals surface area contributed by atoms with Crippen LogP contribution in [0.2, 0.25) is 0 Å². The van der Waals surface area contributed by atoms with E-state index in [9.17, 15) is 4.79 Å². The van der Waals surface area contributed by atoms with Gasteiger partial charge < -0.3 is 14.4 Å². The second-order valence-electron chi connectivity index (χ2n) is 7.02. The highest BCUT2D eigenvalue weighted by Gasteiger charge is 2.34. The molecule has 0 bridgehead atoms. The molecule has 6 nitrogen and oxygen atoms in total. The van der Waals surface area contributed by atoms with Gasteiger partial charge in [-0.3, -0.25) is 9.48 Å². The van der Waals surface area contributed by atoms with Crippen molar-refractivity contribution in [1.29, 1.82) is 0 Å². The smallest absolute Gasteiger partial charge is 0.272 e. The first-order valence-corrected chi connectivity index (χ1v) is 9.05. The summed E-state index contributed by atoms with van der Waals surface area (Å²) in [6.07, 6.45) is 7.20. The van der Waals surface area contributed by atoms with Gasteiger partial charge in [0.25, 0.3) is 5.91 Å². The average Bonchev–Trinajstić information content (AvgIpc) is 3.31. The van der Waals surface area contributed by atoms with Crippen LogP contribution in [0.15, 0.2) is 30.5 Å². The molecule has 2 fully saturated rings. The number of ether oxygens (including phenoxy) is 2. The van der Waals surface area contributed by atoms with Gasteiger partial charge in [-0.2, -0.15) is 5.10 Å². The van der Waals surface area contributed by atoms with Crippen LogP contribution in [0.3, 0.4) is 0 Å². The number of benzene rings is 1. The van der Waals surface area contributed by atoms with Crippen LogP contribution < -0.4 is 9.47 Å². The molecule has 3 heterocycles. The zero-order chi connectivity index (χ0) is 16.8. The van der Waals surface area contributed by atoms with Crippen molar-refractivity contribution in [2.24, 2.45) is 0 Å². The summed E-state index contributed by atoms with van der Waals surface area (Å²) >= 11 is 0. The van der Waals surface area contributed by atoms with E-state index in [4.69, 9.17) is 9.47 Å². The predicted molar refractivity (Wildman–Crippen MR) is 90.7 cm³/mol. The number of carbonyl (C=O) groups is 1. The number of amides is 1. The molecule has 0 N–H and O–H groups in total. The lowest BCUT2D eigenvalue weighted by atomic mass is 9.93. The first kappa shape index (κ1) is 14.8. The standard InChI is InChI=1S/C19H21N3O3/c23-19(16-8-9-20-22(16)14-3-1-4-14)21-10-2-5-15(21)13-6-7-17-18(11-13)25-12-24-17/h6-9,11,14-15H,1-5,10,12H2. The van der Waals surface area contributed by atoms with Gasteiger partial charge in [0, 0.05) is 12.7 Å². The maximum atomic E-state index is 13.2. The van der Waals surface area contributed by atoms with E-state index in [-0.39, 0.29) is 18.7 Å². The second kappa shape index (κ2) is 5.79. The lowest BCUT2D eigenvalue weighted by molar-refractivity contribution is 0.0715. The number of rotatable bonds is 3. The minimum absolute atomic E-state index is 0.0876. The molecule has 0 radical (unpaired) electrons. The summed E-state index contributed by atoms with van der Waals surface area (Å²) in [5.41, 5.74) is 1.84. The fourth-order valence-corrected chi connectivity index (χ4v) is 4.03. The minimum Gasteiger partial charge on any atom is -0.454 e. The fourth-order valence-electron chi connectivity index (χ4n) is 4.03. The largest absolute Gasteiger partial charge is 0.454 e. The molecule has 1 unspecified atom stereocenters. The summed E-state index contributed by atoms with van der Waals surface area (Å²) in [6, 6.07) is 8.34. The van der Waals surface area contributed by atoms with E-state index in [1.807, 2.05) is 33.8 Å². The molecule has 1 saturated carbocycles. The van der Waals surface area contributed by atoms with Gasteiger partial charge in [-0.15, -0.1) is 0 Å². The Kier molecular flexibility index (Phi) is 3.43. The number of likely N-dealkylation sites (tertiary alicyclic amines) is 1. The number of hydrogen-bond donors (Lipinski definition) is 0. The Morgan fingerprint density at radius 3 is 2.80 bits per heavy atom. The van der Waals surface area contributed by atoms with Crippen LogP contribution in [-0.2, 0) is 0 Å². The first-order chi connectivity index (χ1) is 12.3. The Hall–Kier alpha value is -2.50. The van der Waals surface area contributed by atoms with Crippen LogP contribution in [-0.4, -0.2) is 33.9 Å². The molecule has 1 aromatic carbocycles. The normalized spacial score (nSPS) is 22.2. The maximum absolute atomic E-state index is 13.2. The SMILES string of the molecule is O=C(c1ccnn1C1CCC1)N1CCCC1c1ccc2c(c1)OCO2. The molecule has 1 atom stereocenters. The monoisotopic (exact) mass is 339 g/mol. The van der Waals surface area contributed by atoms with Crippen LogP contribution in [0.1, 0.15) is 60.2 Å². The third-order valence-electron chi connectivity index (χ3n) is 5.61. The van der Waals surface area contributed by atoms with Gasteiger partial charge in [0.15, 0.2) is 11.5 Å². The third kappa shape index (κ3) is 2.39. The van der Waals surface area contributed by atoms with E-state index in [2.05, 4.69) is 5.10 Å². The maximum Gasteiger partial charge on any atom is 0.272 e. The van der Waals surface area contributed by atoms with Crippen molar-refractivity contribution in [2.75, 3.05) is 13.3 Å². The fraction of sp³-hybridized carbons (Fsp3) is 0.474. The number of fused-ring (bicyclic) bond motifs is 1. The molecule has 3 aliphatic rings. The van der Waals surface area contributed by atoms with Gasteiger partial charge in [0.2, 0.25) is 6.79 Å². The van der Waals surface area contributed by atoms with E-state index >= 15 is 0 Å². The van der Waals surface area contributed by atoms with Crippen LogP contribution in [0.5, 0.6) is 11.5 Å². The van der Waals surface area contributed by atoms with Crippen molar-refractivity contribution in [2.45, 2.75) is 44.2 Å². The highest BCUT2D eigenvalue weighted by molar-refractivity contribution is 5.93. The van der Waals surface area contributed by atoms with Gasteiger partial charge in [0.1, 0.15) is 5.69 Å². The Balaban J connectivity index is 1.43. The molecule has 1 saturated heterocycles. The van der Waals surface area contributed by atoms with Gasteiger partial charge in [-0.1, -0.05) is 6.07 Å². The van der Waals surface area contributed by atoms with Gasteiger partial charge in [-0.25, -0.2) is 0 Å². The second-order valence-corrected chi connectivity index (χ2v) is 7.02. The Morgan fingerprint density at radius 2 is 1.96 bits per heavy atom. The van der Waals surface area contributed by atoms with E-state index < -0.39 is 0 Å². The highest BCUT2D eigenvalue weighted by atomic mass is 16.7. The topological polar surface area (TPSA) is 56.6 Å². The molecule has 5 rings (SSSR count). The number of nitrogens with zero attached hydrogens (tertiary/aromatic N) is 3. The third-order valence-corrected chi connectivity index (χ3v) is 5.61. The molecule has 1 aliphatic carbocycles. The highest BCUT2D eigenvalue weighted by Crippen LogP contribution is 2.40. The molecule has 1 amide bonds.